The van der Waals surface area contributed by atoms with Crippen LogP contribution >= 0.6 is 0 Å². The maximum atomic E-state index is 11.3. The van der Waals surface area contributed by atoms with Crippen molar-refractivity contribution in [3.05, 3.63) is 24.3 Å². The SMILES string of the molecule is C[N+]1(C)CC(=O)Nc2ccccc21.[Cl-]. The Balaban J connectivity index is 0.000000980. The number of amides is 1. The molecule has 0 aromatic heterocycles. The van der Waals surface area contributed by atoms with Crippen LogP contribution in [0, 0.1) is 0 Å². The van der Waals surface area contributed by atoms with Crippen LogP contribution in [0.2, 0.25) is 0 Å². The van der Waals surface area contributed by atoms with Gasteiger partial charge in [0.05, 0.1) is 14.1 Å². The first-order valence-electron chi connectivity index (χ1n) is 4.32. The predicted octanol–water partition coefficient (Wildman–Crippen LogP) is -1.79. The Morgan fingerprint density at radius 3 is 2.64 bits per heavy atom. The van der Waals surface area contributed by atoms with Gasteiger partial charge in [0, 0.05) is 6.07 Å². The van der Waals surface area contributed by atoms with Gasteiger partial charge in [0.25, 0.3) is 5.91 Å². The van der Waals surface area contributed by atoms with Gasteiger partial charge in [-0.3, -0.25) is 9.28 Å². The molecule has 0 fully saturated rings. The van der Waals surface area contributed by atoms with Crippen molar-refractivity contribution in [2.45, 2.75) is 0 Å². The maximum absolute atomic E-state index is 11.3. The van der Waals surface area contributed by atoms with Gasteiger partial charge in [-0.2, -0.15) is 0 Å². The Kier molecular flexibility index (Phi) is 2.83. The Morgan fingerprint density at radius 2 is 1.93 bits per heavy atom. The summed E-state index contributed by atoms with van der Waals surface area (Å²) >= 11 is 0. The number of fused-ring (bicyclic) bond motifs is 1. The van der Waals surface area contributed by atoms with E-state index in [-0.39, 0.29) is 18.3 Å². The summed E-state index contributed by atoms with van der Waals surface area (Å²) in [5.74, 6) is 0.0868. The molecule has 0 atom stereocenters. The molecule has 3 nitrogen and oxygen atoms in total. The molecule has 14 heavy (non-hydrogen) atoms. The Morgan fingerprint density at radius 1 is 1.29 bits per heavy atom. The molecule has 0 radical (unpaired) electrons. The summed E-state index contributed by atoms with van der Waals surface area (Å²) in [5, 5.41) is 2.86. The highest BCUT2D eigenvalue weighted by Crippen LogP contribution is 2.31. The summed E-state index contributed by atoms with van der Waals surface area (Å²) in [7, 11) is 4.08. The highest BCUT2D eigenvalue weighted by atomic mass is 35.5. The smallest absolute Gasteiger partial charge is 0.280 e. The first kappa shape index (κ1) is 11.0. The van der Waals surface area contributed by atoms with Crippen molar-refractivity contribution >= 4 is 17.3 Å². The minimum absolute atomic E-state index is 0. The lowest BCUT2D eigenvalue weighted by molar-refractivity contribution is -0.117. The van der Waals surface area contributed by atoms with E-state index in [9.17, 15) is 4.79 Å². The number of benzene rings is 1. The molecule has 1 aromatic rings. The van der Waals surface area contributed by atoms with Crippen LogP contribution in [0.5, 0.6) is 0 Å². The number of halogens is 1. The number of rotatable bonds is 0. The molecule has 1 heterocycles. The van der Waals surface area contributed by atoms with Crippen LogP contribution < -0.4 is 22.2 Å². The summed E-state index contributed by atoms with van der Waals surface area (Å²) in [6.07, 6.45) is 0. The second-order valence-corrected chi connectivity index (χ2v) is 3.91. The van der Waals surface area contributed by atoms with Gasteiger partial charge in [-0.25, -0.2) is 0 Å². The van der Waals surface area contributed by atoms with Crippen LogP contribution in [0.1, 0.15) is 0 Å². The minimum Gasteiger partial charge on any atom is -1.00 e. The minimum atomic E-state index is 0. The average Bonchev–Trinajstić information content (AvgIpc) is 2.02. The third kappa shape index (κ3) is 1.74. The number of anilines is 1. The fraction of sp³-hybridized carbons (Fsp3) is 0.300. The summed E-state index contributed by atoms with van der Waals surface area (Å²) < 4.78 is 0.627. The number of carbonyl (C=O) groups is 1. The monoisotopic (exact) mass is 212 g/mol. The van der Waals surface area contributed by atoms with E-state index in [4.69, 9.17) is 0 Å². The van der Waals surface area contributed by atoms with Crippen molar-refractivity contribution < 1.29 is 17.2 Å². The van der Waals surface area contributed by atoms with E-state index in [0.29, 0.717) is 11.0 Å². The molecule has 0 spiro atoms. The molecule has 1 aliphatic rings. The van der Waals surface area contributed by atoms with E-state index in [1.807, 2.05) is 32.3 Å². The standard InChI is InChI=1S/C10H12N2O.ClH/c1-12(2)7-10(13)11-8-5-3-4-6-9(8)12;/h3-6H,7H2,1-2H3;1H. The van der Waals surface area contributed by atoms with Crippen LogP contribution in [0.3, 0.4) is 0 Å². The number of quaternary nitrogens is 1. The van der Waals surface area contributed by atoms with Gasteiger partial charge in [0.1, 0.15) is 5.69 Å². The molecule has 1 aliphatic heterocycles. The fourth-order valence-corrected chi connectivity index (χ4v) is 1.74. The third-order valence-electron chi connectivity index (χ3n) is 2.37. The second kappa shape index (κ2) is 3.59. The quantitative estimate of drug-likeness (QED) is 0.506. The van der Waals surface area contributed by atoms with E-state index in [1.165, 1.54) is 5.69 Å². The summed E-state index contributed by atoms with van der Waals surface area (Å²) in [5.41, 5.74) is 2.10. The number of hydrogen-bond acceptors (Lipinski definition) is 1. The number of carbonyl (C=O) groups excluding carboxylic acids is 1. The average molecular weight is 213 g/mol. The molecule has 1 aromatic carbocycles. The largest absolute Gasteiger partial charge is 1.00 e. The van der Waals surface area contributed by atoms with Gasteiger partial charge in [0.2, 0.25) is 0 Å². The number of nitrogens with one attached hydrogen (secondary N) is 1. The first-order valence-corrected chi connectivity index (χ1v) is 4.32. The van der Waals surface area contributed by atoms with Crippen molar-refractivity contribution in [1.29, 1.82) is 0 Å². The molecule has 4 heteroatoms. The van der Waals surface area contributed by atoms with Gasteiger partial charge >= 0.3 is 0 Å². The lowest BCUT2D eigenvalue weighted by Crippen LogP contribution is -3.00. The normalized spacial score (nSPS) is 17.7. The zero-order valence-electron chi connectivity index (χ0n) is 8.25. The molecule has 0 saturated carbocycles. The van der Waals surface area contributed by atoms with E-state index < -0.39 is 0 Å². The van der Waals surface area contributed by atoms with E-state index >= 15 is 0 Å². The Labute approximate surface area is 89.7 Å². The maximum Gasteiger partial charge on any atom is 0.280 e. The highest BCUT2D eigenvalue weighted by molar-refractivity contribution is 5.99. The fourth-order valence-electron chi connectivity index (χ4n) is 1.74. The number of nitrogens with zero attached hydrogens (tertiary/aromatic N) is 1. The van der Waals surface area contributed by atoms with Gasteiger partial charge in [-0.05, 0) is 6.07 Å². The van der Waals surface area contributed by atoms with E-state index in [2.05, 4.69) is 11.4 Å². The molecule has 1 amide bonds. The summed E-state index contributed by atoms with van der Waals surface area (Å²) in [4.78, 5) is 11.3. The molecular formula is C10H13ClN2O. The third-order valence-corrected chi connectivity index (χ3v) is 2.37. The molecule has 2 rings (SSSR count). The van der Waals surface area contributed by atoms with Crippen molar-refractivity contribution in [2.75, 3.05) is 26.0 Å². The molecule has 1 N–H and O–H groups in total. The molecule has 0 unspecified atom stereocenters. The van der Waals surface area contributed by atoms with Gasteiger partial charge in [0.15, 0.2) is 12.2 Å². The van der Waals surface area contributed by atoms with Crippen LogP contribution in [-0.4, -0.2) is 26.5 Å². The molecule has 76 valence electrons. The Bertz CT molecular complexity index is 363. The lowest BCUT2D eigenvalue weighted by atomic mass is 10.2. The molecular weight excluding hydrogens is 200 g/mol. The summed E-state index contributed by atoms with van der Waals surface area (Å²) in [6.45, 7) is 0.511. The predicted molar refractivity (Wildman–Crippen MR) is 53.6 cm³/mol. The van der Waals surface area contributed by atoms with Crippen molar-refractivity contribution in [3.63, 3.8) is 0 Å². The van der Waals surface area contributed by atoms with Gasteiger partial charge < -0.3 is 17.7 Å². The number of hydrogen-bond donors (Lipinski definition) is 1. The van der Waals surface area contributed by atoms with Crippen LogP contribution in [0.4, 0.5) is 11.4 Å². The molecule has 0 saturated heterocycles. The van der Waals surface area contributed by atoms with Crippen LogP contribution in [-0.2, 0) is 4.79 Å². The number of para-hydroxylation sites is 2. The van der Waals surface area contributed by atoms with Crippen molar-refractivity contribution in [1.82, 2.24) is 4.48 Å². The molecule has 0 aliphatic carbocycles. The number of likely N-dealkylation sites (N-methyl/N-ethyl adjacent to an activating group) is 1. The zero-order chi connectivity index (χ0) is 9.47. The Hall–Kier alpha value is -1.06. The van der Waals surface area contributed by atoms with Gasteiger partial charge in [-0.1, -0.05) is 12.1 Å². The van der Waals surface area contributed by atoms with E-state index in [0.717, 1.165) is 5.69 Å². The highest BCUT2D eigenvalue weighted by Gasteiger charge is 2.31. The van der Waals surface area contributed by atoms with Crippen LogP contribution in [0.25, 0.3) is 0 Å². The molecule has 0 bridgehead atoms. The van der Waals surface area contributed by atoms with E-state index in [1.54, 1.807) is 0 Å². The lowest BCUT2D eigenvalue weighted by Gasteiger charge is -2.33. The zero-order valence-corrected chi connectivity index (χ0v) is 9.01. The first-order chi connectivity index (χ1) is 6.09. The van der Waals surface area contributed by atoms with Gasteiger partial charge in [-0.15, -0.1) is 0 Å². The van der Waals surface area contributed by atoms with Crippen LogP contribution in [0.15, 0.2) is 24.3 Å². The van der Waals surface area contributed by atoms with Crippen molar-refractivity contribution in [3.8, 4) is 0 Å². The van der Waals surface area contributed by atoms with Crippen molar-refractivity contribution in [2.24, 2.45) is 0 Å². The second-order valence-electron chi connectivity index (χ2n) is 3.91. The summed E-state index contributed by atoms with van der Waals surface area (Å²) in [6, 6.07) is 7.92. The topological polar surface area (TPSA) is 29.1 Å².